The summed E-state index contributed by atoms with van der Waals surface area (Å²) >= 11 is 0. The first-order valence-corrected chi connectivity index (χ1v) is 5.07. The van der Waals surface area contributed by atoms with Crippen LogP contribution in [0.1, 0.15) is 25.7 Å². The first kappa shape index (κ1) is 11.4. The monoisotopic (exact) mass is 202 g/mol. The largest absolute Gasteiger partial charge is 0.481 e. The van der Waals surface area contributed by atoms with Crippen LogP contribution >= 0.6 is 0 Å². The van der Waals surface area contributed by atoms with Crippen molar-refractivity contribution in [2.24, 2.45) is 0 Å². The second-order valence-electron chi connectivity index (χ2n) is 3.66. The van der Waals surface area contributed by atoms with E-state index >= 15 is 0 Å². The van der Waals surface area contributed by atoms with Gasteiger partial charge in [0.2, 0.25) is 0 Å². The Morgan fingerprint density at radius 3 is 2.57 bits per heavy atom. The van der Waals surface area contributed by atoms with Crippen molar-refractivity contribution in [2.45, 2.75) is 31.8 Å². The van der Waals surface area contributed by atoms with Crippen LogP contribution in [0.25, 0.3) is 0 Å². The fourth-order valence-electron chi connectivity index (χ4n) is 1.56. The summed E-state index contributed by atoms with van der Waals surface area (Å²) in [6, 6.07) is 0. The standard InChI is InChI=1S/C9H18N2O3/c12-8(6-9(13)14)7-10-11-4-2-1-3-5-11/h8,10,12H,1-7H2,(H,13,14). The number of nitrogens with one attached hydrogen (secondary N) is 1. The molecular formula is C9H18N2O3. The van der Waals surface area contributed by atoms with Crippen molar-refractivity contribution in [3.8, 4) is 0 Å². The van der Waals surface area contributed by atoms with Gasteiger partial charge in [-0.3, -0.25) is 10.2 Å². The van der Waals surface area contributed by atoms with Crippen LogP contribution in [0.2, 0.25) is 0 Å². The Morgan fingerprint density at radius 2 is 2.00 bits per heavy atom. The molecule has 14 heavy (non-hydrogen) atoms. The third kappa shape index (κ3) is 4.55. The molecule has 1 unspecified atom stereocenters. The van der Waals surface area contributed by atoms with Crippen molar-refractivity contribution in [2.75, 3.05) is 19.6 Å². The maximum atomic E-state index is 10.3. The summed E-state index contributed by atoms with van der Waals surface area (Å²) in [4.78, 5) is 10.3. The van der Waals surface area contributed by atoms with E-state index in [0.29, 0.717) is 6.54 Å². The van der Waals surface area contributed by atoms with Gasteiger partial charge in [-0.1, -0.05) is 6.42 Å². The number of carboxylic acid groups (broad SMARTS) is 1. The number of aliphatic hydroxyl groups excluding tert-OH is 1. The maximum absolute atomic E-state index is 10.3. The number of hydrogen-bond donors (Lipinski definition) is 3. The number of rotatable bonds is 5. The van der Waals surface area contributed by atoms with E-state index < -0.39 is 12.1 Å². The van der Waals surface area contributed by atoms with Gasteiger partial charge in [0, 0.05) is 19.6 Å². The predicted octanol–water partition coefficient (Wildman–Crippen LogP) is -0.188. The summed E-state index contributed by atoms with van der Waals surface area (Å²) in [5, 5.41) is 19.7. The molecule has 1 rings (SSSR count). The Labute approximate surface area is 83.7 Å². The first-order valence-electron chi connectivity index (χ1n) is 5.07. The zero-order valence-electron chi connectivity index (χ0n) is 8.28. The van der Waals surface area contributed by atoms with Gasteiger partial charge in [0.1, 0.15) is 0 Å². The van der Waals surface area contributed by atoms with Gasteiger partial charge in [-0.15, -0.1) is 0 Å². The van der Waals surface area contributed by atoms with E-state index in [-0.39, 0.29) is 6.42 Å². The third-order valence-electron chi connectivity index (χ3n) is 2.32. The second-order valence-corrected chi connectivity index (χ2v) is 3.66. The lowest BCUT2D eigenvalue weighted by Gasteiger charge is -2.27. The lowest BCUT2D eigenvalue weighted by Crippen LogP contribution is -2.45. The molecule has 1 atom stereocenters. The van der Waals surface area contributed by atoms with E-state index in [1.54, 1.807) is 0 Å². The fourth-order valence-corrected chi connectivity index (χ4v) is 1.56. The average Bonchev–Trinajstić information content (AvgIpc) is 2.15. The topological polar surface area (TPSA) is 72.8 Å². The molecule has 0 bridgehead atoms. The fraction of sp³-hybridized carbons (Fsp3) is 0.889. The Bertz CT molecular complexity index is 181. The zero-order chi connectivity index (χ0) is 10.4. The molecular weight excluding hydrogens is 184 g/mol. The van der Waals surface area contributed by atoms with Crippen LogP contribution in [0.15, 0.2) is 0 Å². The van der Waals surface area contributed by atoms with E-state index in [1.807, 2.05) is 0 Å². The van der Waals surface area contributed by atoms with Crippen LogP contribution in [-0.2, 0) is 4.79 Å². The molecule has 5 nitrogen and oxygen atoms in total. The number of carbonyl (C=O) groups is 1. The minimum absolute atomic E-state index is 0.194. The lowest BCUT2D eigenvalue weighted by molar-refractivity contribution is -0.139. The molecule has 5 heteroatoms. The molecule has 0 aromatic carbocycles. The molecule has 1 aliphatic heterocycles. The van der Waals surface area contributed by atoms with Crippen LogP contribution in [0.5, 0.6) is 0 Å². The van der Waals surface area contributed by atoms with E-state index in [9.17, 15) is 9.90 Å². The maximum Gasteiger partial charge on any atom is 0.306 e. The highest BCUT2D eigenvalue weighted by Gasteiger charge is 2.13. The van der Waals surface area contributed by atoms with E-state index in [2.05, 4.69) is 10.4 Å². The Morgan fingerprint density at radius 1 is 1.36 bits per heavy atom. The van der Waals surface area contributed by atoms with Crippen molar-refractivity contribution < 1.29 is 15.0 Å². The quantitative estimate of drug-likeness (QED) is 0.576. The molecule has 0 aromatic rings. The molecule has 0 aromatic heterocycles. The molecule has 0 aliphatic carbocycles. The van der Waals surface area contributed by atoms with Crippen molar-refractivity contribution in [3.05, 3.63) is 0 Å². The Balaban J connectivity index is 2.09. The van der Waals surface area contributed by atoms with E-state index in [1.165, 1.54) is 19.3 Å². The summed E-state index contributed by atoms with van der Waals surface area (Å²) in [7, 11) is 0. The van der Waals surface area contributed by atoms with Crippen molar-refractivity contribution in [1.82, 2.24) is 10.4 Å². The lowest BCUT2D eigenvalue weighted by atomic mass is 10.2. The Hall–Kier alpha value is -0.650. The number of hydrogen-bond acceptors (Lipinski definition) is 4. The van der Waals surface area contributed by atoms with Gasteiger partial charge in [0.25, 0.3) is 0 Å². The molecule has 1 heterocycles. The highest BCUT2D eigenvalue weighted by Crippen LogP contribution is 2.05. The van der Waals surface area contributed by atoms with Crippen LogP contribution in [0, 0.1) is 0 Å². The van der Waals surface area contributed by atoms with Crippen molar-refractivity contribution in [1.29, 1.82) is 0 Å². The predicted molar refractivity (Wildman–Crippen MR) is 51.7 cm³/mol. The molecule has 3 N–H and O–H groups in total. The number of piperidine rings is 1. The summed E-state index contributed by atoms with van der Waals surface area (Å²) in [5.74, 6) is -0.960. The number of carboxylic acids is 1. The van der Waals surface area contributed by atoms with E-state index in [0.717, 1.165) is 13.1 Å². The van der Waals surface area contributed by atoms with Crippen LogP contribution in [0.4, 0.5) is 0 Å². The number of hydrazine groups is 1. The summed E-state index contributed by atoms with van der Waals surface area (Å²) in [5.41, 5.74) is 3.05. The third-order valence-corrected chi connectivity index (χ3v) is 2.32. The van der Waals surface area contributed by atoms with Gasteiger partial charge in [0.15, 0.2) is 0 Å². The summed E-state index contributed by atoms with van der Waals surface area (Å²) in [6.45, 7) is 2.30. The molecule has 0 spiro atoms. The van der Waals surface area contributed by atoms with Gasteiger partial charge in [0.05, 0.1) is 12.5 Å². The van der Waals surface area contributed by atoms with Crippen LogP contribution < -0.4 is 5.43 Å². The molecule has 1 saturated heterocycles. The summed E-state index contributed by atoms with van der Waals surface area (Å²) < 4.78 is 0. The number of nitrogens with zero attached hydrogens (tertiary/aromatic N) is 1. The van der Waals surface area contributed by atoms with Crippen LogP contribution in [-0.4, -0.2) is 46.9 Å². The second kappa shape index (κ2) is 5.95. The van der Waals surface area contributed by atoms with Gasteiger partial charge in [-0.2, -0.15) is 0 Å². The van der Waals surface area contributed by atoms with Crippen molar-refractivity contribution >= 4 is 5.97 Å². The minimum atomic E-state index is -0.960. The smallest absolute Gasteiger partial charge is 0.306 e. The molecule has 1 aliphatic rings. The average molecular weight is 202 g/mol. The van der Waals surface area contributed by atoms with Gasteiger partial charge in [-0.05, 0) is 12.8 Å². The van der Waals surface area contributed by atoms with Gasteiger partial charge >= 0.3 is 5.97 Å². The number of aliphatic hydroxyl groups is 1. The van der Waals surface area contributed by atoms with Gasteiger partial charge < -0.3 is 10.2 Å². The van der Waals surface area contributed by atoms with Crippen molar-refractivity contribution in [3.63, 3.8) is 0 Å². The first-order chi connectivity index (χ1) is 6.68. The summed E-state index contributed by atoms with van der Waals surface area (Å²) in [6.07, 6.45) is 2.61. The number of aliphatic carboxylic acids is 1. The Kier molecular flexibility index (Phi) is 4.86. The molecule has 82 valence electrons. The molecule has 1 fully saturated rings. The molecule has 0 amide bonds. The normalized spacial score (nSPS) is 20.6. The van der Waals surface area contributed by atoms with Gasteiger partial charge in [-0.25, -0.2) is 5.01 Å². The SMILES string of the molecule is O=C(O)CC(O)CNN1CCCCC1. The van der Waals surface area contributed by atoms with Crippen LogP contribution in [0.3, 0.4) is 0 Å². The minimum Gasteiger partial charge on any atom is -0.481 e. The zero-order valence-corrected chi connectivity index (χ0v) is 8.28. The highest BCUT2D eigenvalue weighted by atomic mass is 16.4. The molecule has 0 radical (unpaired) electrons. The molecule has 0 saturated carbocycles. The van der Waals surface area contributed by atoms with E-state index in [4.69, 9.17) is 5.11 Å². The highest BCUT2D eigenvalue weighted by molar-refractivity contribution is 5.67.